The van der Waals surface area contributed by atoms with Gasteiger partial charge in [-0.2, -0.15) is 0 Å². The molecule has 4 heteroatoms. The molecule has 1 unspecified atom stereocenters. The van der Waals surface area contributed by atoms with Gasteiger partial charge in [-0.05, 0) is 19.8 Å². The molecular weight excluding hydrogens is 319 g/mol. The minimum Gasteiger partial charge on any atom is -0.375 e. The van der Waals surface area contributed by atoms with Crippen molar-refractivity contribution < 1.29 is 14.2 Å². The minimum atomic E-state index is -2.73. The Labute approximate surface area is 150 Å². The van der Waals surface area contributed by atoms with Crippen LogP contribution in [-0.4, -0.2) is 10.4 Å². The number of hydrogen-bond donors (Lipinski definition) is 1. The normalized spacial score (nSPS) is 13.8. The SMILES string of the molecule is CCCCCCCCCCCCCCCCCCC(C)(O)P(=O)=O. The molecule has 0 spiro atoms. The minimum absolute atomic E-state index is 0.365. The zero-order valence-corrected chi connectivity index (χ0v) is 17.1. The fourth-order valence-corrected chi connectivity index (χ4v) is 3.44. The van der Waals surface area contributed by atoms with Crippen LogP contribution < -0.4 is 0 Å². The van der Waals surface area contributed by atoms with Crippen LogP contribution in [0.5, 0.6) is 0 Å². The van der Waals surface area contributed by atoms with Crippen molar-refractivity contribution >= 4 is 7.68 Å². The van der Waals surface area contributed by atoms with Gasteiger partial charge in [-0.25, -0.2) is 9.13 Å². The van der Waals surface area contributed by atoms with Crippen molar-refractivity contribution in [3.05, 3.63) is 0 Å². The molecule has 0 aromatic heterocycles. The molecule has 0 aliphatic heterocycles. The Hall–Kier alpha value is -0.140. The number of unbranched alkanes of at least 4 members (excludes halogenated alkanes) is 15. The van der Waals surface area contributed by atoms with E-state index < -0.39 is 13.0 Å². The second-order valence-electron chi connectivity index (χ2n) is 7.53. The van der Waals surface area contributed by atoms with E-state index in [1.54, 1.807) is 0 Å². The van der Waals surface area contributed by atoms with Gasteiger partial charge in [0.05, 0.1) is 0 Å². The van der Waals surface area contributed by atoms with Gasteiger partial charge in [0.25, 0.3) is 0 Å². The fraction of sp³-hybridized carbons (Fsp3) is 1.00. The van der Waals surface area contributed by atoms with Crippen molar-refractivity contribution in [3.63, 3.8) is 0 Å². The Morgan fingerprint density at radius 1 is 0.625 bits per heavy atom. The molecule has 0 aromatic carbocycles. The third-order valence-corrected chi connectivity index (χ3v) is 5.91. The molecule has 1 atom stereocenters. The Balaban J connectivity index is 3.15. The van der Waals surface area contributed by atoms with Crippen molar-refractivity contribution in [1.82, 2.24) is 0 Å². The van der Waals surface area contributed by atoms with Crippen LogP contribution >= 0.6 is 7.68 Å². The van der Waals surface area contributed by atoms with Gasteiger partial charge in [0.15, 0.2) is 5.34 Å². The van der Waals surface area contributed by atoms with E-state index in [1.165, 1.54) is 90.4 Å². The molecule has 0 bridgehead atoms. The molecule has 3 nitrogen and oxygen atoms in total. The maximum absolute atomic E-state index is 10.8. The van der Waals surface area contributed by atoms with E-state index in [2.05, 4.69) is 6.92 Å². The molecule has 0 fully saturated rings. The van der Waals surface area contributed by atoms with Crippen LogP contribution in [0.3, 0.4) is 0 Å². The van der Waals surface area contributed by atoms with Crippen LogP contribution in [-0.2, 0) is 9.13 Å². The highest BCUT2D eigenvalue weighted by atomic mass is 31.1. The van der Waals surface area contributed by atoms with Gasteiger partial charge in [0, 0.05) is 0 Å². The standard InChI is InChI=1S/C20H41O3P/c1-3-4-5-6-7-8-9-10-11-12-13-14-15-16-17-18-19-20(2,21)24(22)23/h21H,3-19H2,1-2H3. The van der Waals surface area contributed by atoms with E-state index in [4.69, 9.17) is 0 Å². The van der Waals surface area contributed by atoms with Gasteiger partial charge in [0.1, 0.15) is 0 Å². The quantitative estimate of drug-likeness (QED) is 0.203. The zero-order chi connectivity index (χ0) is 18.1. The Morgan fingerprint density at radius 3 is 1.21 bits per heavy atom. The van der Waals surface area contributed by atoms with Gasteiger partial charge in [-0.3, -0.25) is 0 Å². The highest BCUT2D eigenvalue weighted by Gasteiger charge is 2.26. The summed E-state index contributed by atoms with van der Waals surface area (Å²) in [6, 6.07) is 0. The molecule has 0 aliphatic rings. The van der Waals surface area contributed by atoms with E-state index >= 15 is 0 Å². The van der Waals surface area contributed by atoms with Crippen molar-refractivity contribution in [2.45, 2.75) is 128 Å². The zero-order valence-electron chi connectivity index (χ0n) is 16.2. The van der Waals surface area contributed by atoms with E-state index in [0.717, 1.165) is 19.3 Å². The van der Waals surface area contributed by atoms with E-state index in [0.29, 0.717) is 6.42 Å². The lowest BCUT2D eigenvalue weighted by molar-refractivity contribution is 0.128. The first-order valence-corrected chi connectivity index (χ1v) is 11.6. The lowest BCUT2D eigenvalue weighted by Gasteiger charge is -2.13. The highest BCUT2D eigenvalue weighted by molar-refractivity contribution is 7.32. The predicted molar refractivity (Wildman–Crippen MR) is 103 cm³/mol. The van der Waals surface area contributed by atoms with E-state index in [-0.39, 0.29) is 0 Å². The number of aliphatic hydroxyl groups is 1. The maximum atomic E-state index is 10.8. The monoisotopic (exact) mass is 360 g/mol. The molecule has 0 aromatic rings. The summed E-state index contributed by atoms with van der Waals surface area (Å²) in [5, 5.41) is 8.10. The van der Waals surface area contributed by atoms with Crippen LogP contribution in [0, 0.1) is 0 Å². The summed E-state index contributed by atoms with van der Waals surface area (Å²) < 4.78 is 21.6. The van der Waals surface area contributed by atoms with Crippen LogP contribution in [0.2, 0.25) is 0 Å². The molecular formula is C20H41O3P. The molecule has 0 saturated carbocycles. The third kappa shape index (κ3) is 15.4. The van der Waals surface area contributed by atoms with Crippen molar-refractivity contribution in [2.24, 2.45) is 0 Å². The first-order valence-electron chi connectivity index (χ1n) is 10.4. The molecule has 0 radical (unpaired) electrons. The second-order valence-corrected chi connectivity index (χ2v) is 9.01. The van der Waals surface area contributed by atoms with Crippen LogP contribution in [0.25, 0.3) is 0 Å². The summed E-state index contributed by atoms with van der Waals surface area (Å²) in [4.78, 5) is 0. The molecule has 0 rings (SSSR count). The Morgan fingerprint density at radius 2 is 0.917 bits per heavy atom. The lowest BCUT2D eigenvalue weighted by Crippen LogP contribution is -2.15. The molecule has 1 N–H and O–H groups in total. The highest BCUT2D eigenvalue weighted by Crippen LogP contribution is 2.31. The predicted octanol–water partition coefficient (Wildman–Crippen LogP) is 7.52. The summed E-state index contributed by atoms with van der Waals surface area (Å²) in [7, 11) is -2.73. The smallest absolute Gasteiger partial charge is 0.347 e. The van der Waals surface area contributed by atoms with Crippen LogP contribution in [0.4, 0.5) is 0 Å². The Bertz CT molecular complexity index is 330. The molecule has 0 amide bonds. The average Bonchev–Trinajstić information content (AvgIpc) is 2.54. The van der Waals surface area contributed by atoms with E-state index in [9.17, 15) is 14.2 Å². The lowest BCUT2D eigenvalue weighted by atomic mass is 10.0. The van der Waals surface area contributed by atoms with Gasteiger partial charge in [0.2, 0.25) is 0 Å². The average molecular weight is 361 g/mol. The topological polar surface area (TPSA) is 54.4 Å². The third-order valence-electron chi connectivity index (χ3n) is 4.90. The summed E-state index contributed by atoms with van der Waals surface area (Å²) >= 11 is 0. The summed E-state index contributed by atoms with van der Waals surface area (Å²) in [6.07, 6.45) is 21.2. The second kappa shape index (κ2) is 16.3. The van der Waals surface area contributed by atoms with Gasteiger partial charge < -0.3 is 5.11 Å². The van der Waals surface area contributed by atoms with Crippen molar-refractivity contribution in [2.75, 3.05) is 0 Å². The largest absolute Gasteiger partial charge is 0.375 e. The van der Waals surface area contributed by atoms with Crippen LogP contribution in [0.15, 0.2) is 0 Å². The van der Waals surface area contributed by atoms with Gasteiger partial charge in [-0.15, -0.1) is 0 Å². The first kappa shape index (κ1) is 23.9. The summed E-state index contributed by atoms with van der Waals surface area (Å²) in [6.45, 7) is 3.66. The number of rotatable bonds is 18. The van der Waals surface area contributed by atoms with Crippen LogP contribution in [0.1, 0.15) is 123 Å². The molecule has 144 valence electrons. The molecule has 24 heavy (non-hydrogen) atoms. The fourth-order valence-electron chi connectivity index (χ4n) is 3.10. The molecule has 0 heterocycles. The van der Waals surface area contributed by atoms with Gasteiger partial charge in [-0.1, -0.05) is 103 Å². The maximum Gasteiger partial charge on any atom is 0.347 e. The Kier molecular flexibility index (Phi) is 16.2. The van der Waals surface area contributed by atoms with Gasteiger partial charge >= 0.3 is 7.68 Å². The van der Waals surface area contributed by atoms with E-state index in [1.807, 2.05) is 0 Å². The molecule has 0 saturated heterocycles. The summed E-state index contributed by atoms with van der Waals surface area (Å²) in [5.74, 6) is 0. The molecule has 0 aliphatic carbocycles. The first-order chi connectivity index (χ1) is 11.5. The van der Waals surface area contributed by atoms with Crippen molar-refractivity contribution in [3.8, 4) is 0 Å². The number of hydrogen-bond acceptors (Lipinski definition) is 3. The van der Waals surface area contributed by atoms with Crippen molar-refractivity contribution in [1.29, 1.82) is 0 Å². The summed E-state index contributed by atoms with van der Waals surface area (Å²) in [5.41, 5.74) is 0.